The highest BCUT2D eigenvalue weighted by molar-refractivity contribution is 6.30. The van der Waals surface area contributed by atoms with Crippen LogP contribution in [0.25, 0.3) is 0 Å². The van der Waals surface area contributed by atoms with E-state index in [1.165, 1.54) is 4.90 Å². The summed E-state index contributed by atoms with van der Waals surface area (Å²) in [4.78, 5) is 27.5. The van der Waals surface area contributed by atoms with E-state index in [4.69, 9.17) is 16.3 Å². The van der Waals surface area contributed by atoms with Gasteiger partial charge in [-0.15, -0.1) is 0 Å². The van der Waals surface area contributed by atoms with Crippen LogP contribution in [0.1, 0.15) is 13.3 Å². The fourth-order valence-electron chi connectivity index (χ4n) is 4.85. The molecule has 2 fully saturated rings. The molecule has 2 amide bonds. The monoisotopic (exact) mass is 379 g/mol. The molecule has 0 unspecified atom stereocenters. The van der Waals surface area contributed by atoms with Gasteiger partial charge in [0.2, 0.25) is 11.8 Å². The van der Waals surface area contributed by atoms with Crippen molar-refractivity contribution in [3.05, 3.63) is 65.7 Å². The molecule has 0 radical (unpaired) electrons. The van der Waals surface area contributed by atoms with E-state index in [1.807, 2.05) is 6.92 Å². The molecule has 3 aliphatic rings. The number of anilines is 1. The fourth-order valence-corrected chi connectivity index (χ4v) is 4.98. The van der Waals surface area contributed by atoms with Gasteiger partial charge >= 0.3 is 0 Å². The summed E-state index contributed by atoms with van der Waals surface area (Å²) >= 11 is 5.88. The SMILES string of the molecule is C[C@@]12C(=O)N(c3ccc(Oc4ccc(Cl)cc4)cc3)C(=O)[C@H]1[C@H]1C=C[C@H]2C1. The summed E-state index contributed by atoms with van der Waals surface area (Å²) < 4.78 is 5.79. The maximum Gasteiger partial charge on any atom is 0.241 e. The Morgan fingerprint density at radius 1 is 1.00 bits per heavy atom. The van der Waals surface area contributed by atoms with Crippen LogP contribution in [0.5, 0.6) is 11.5 Å². The zero-order valence-corrected chi connectivity index (χ0v) is 15.5. The molecule has 0 spiro atoms. The normalized spacial score (nSPS) is 30.9. The lowest BCUT2D eigenvalue weighted by Gasteiger charge is -2.28. The number of imide groups is 1. The fraction of sp³-hybridized carbons (Fsp3) is 0.273. The summed E-state index contributed by atoms with van der Waals surface area (Å²) in [6.07, 6.45) is 5.13. The second-order valence-corrected chi connectivity index (χ2v) is 8.12. The molecule has 0 aromatic heterocycles. The van der Waals surface area contributed by atoms with E-state index in [1.54, 1.807) is 48.5 Å². The van der Waals surface area contributed by atoms with Crippen LogP contribution in [0.15, 0.2) is 60.7 Å². The third kappa shape index (κ3) is 2.29. The van der Waals surface area contributed by atoms with Crippen LogP contribution < -0.4 is 9.64 Å². The van der Waals surface area contributed by atoms with Crippen LogP contribution in [0.4, 0.5) is 5.69 Å². The predicted octanol–water partition coefficient (Wildman–Crippen LogP) is 4.83. The molecule has 4 atom stereocenters. The Bertz CT molecular complexity index is 966. The number of nitrogens with zero attached hydrogens (tertiary/aromatic N) is 1. The van der Waals surface area contributed by atoms with Crippen molar-refractivity contribution in [1.29, 1.82) is 0 Å². The number of fused-ring (bicyclic) bond motifs is 5. The quantitative estimate of drug-likeness (QED) is 0.566. The molecule has 1 saturated carbocycles. The average molecular weight is 380 g/mol. The van der Waals surface area contributed by atoms with Gasteiger partial charge in [-0.3, -0.25) is 9.59 Å². The number of amides is 2. The standard InChI is InChI=1S/C22H18ClNO3/c1-22-14-3-2-13(12-14)19(22)20(25)24(21(22)26)16-6-10-18(11-7-16)27-17-8-4-15(23)5-9-17/h2-11,13-14,19H,12H2,1H3/t13-,14-,19+,22-/m0/s1. The Hall–Kier alpha value is -2.59. The van der Waals surface area contributed by atoms with Crippen molar-refractivity contribution in [3.8, 4) is 11.5 Å². The molecule has 1 heterocycles. The van der Waals surface area contributed by atoms with Gasteiger partial charge in [0.25, 0.3) is 0 Å². The highest BCUT2D eigenvalue weighted by atomic mass is 35.5. The minimum Gasteiger partial charge on any atom is -0.457 e. The van der Waals surface area contributed by atoms with Crippen molar-refractivity contribution in [3.63, 3.8) is 0 Å². The van der Waals surface area contributed by atoms with Gasteiger partial charge in [-0.05, 0) is 73.7 Å². The lowest BCUT2D eigenvalue weighted by Crippen LogP contribution is -2.37. The Morgan fingerprint density at radius 2 is 1.63 bits per heavy atom. The Balaban J connectivity index is 1.40. The van der Waals surface area contributed by atoms with Crippen LogP contribution in [0, 0.1) is 23.2 Å². The van der Waals surface area contributed by atoms with E-state index < -0.39 is 5.41 Å². The number of ether oxygens (including phenoxy) is 1. The van der Waals surface area contributed by atoms with E-state index in [9.17, 15) is 9.59 Å². The van der Waals surface area contributed by atoms with Gasteiger partial charge in [0.15, 0.2) is 0 Å². The molecule has 136 valence electrons. The van der Waals surface area contributed by atoms with Crippen LogP contribution in [0.2, 0.25) is 5.02 Å². The number of benzene rings is 2. The lowest BCUT2D eigenvalue weighted by molar-refractivity contribution is -0.127. The van der Waals surface area contributed by atoms with Crippen LogP contribution in [0.3, 0.4) is 0 Å². The topological polar surface area (TPSA) is 46.6 Å². The van der Waals surface area contributed by atoms with Gasteiger partial charge in [-0.2, -0.15) is 0 Å². The molecule has 2 aromatic rings. The molecule has 5 rings (SSSR count). The summed E-state index contributed by atoms with van der Waals surface area (Å²) in [5.41, 5.74) is -0.00176. The maximum atomic E-state index is 13.1. The Morgan fingerprint density at radius 3 is 2.26 bits per heavy atom. The average Bonchev–Trinajstić information content (AvgIpc) is 3.30. The molecule has 0 N–H and O–H groups in total. The highest BCUT2D eigenvalue weighted by Crippen LogP contribution is 2.60. The minimum absolute atomic E-state index is 0.0780. The van der Waals surface area contributed by atoms with Gasteiger partial charge in [0, 0.05) is 5.02 Å². The molecule has 2 aromatic carbocycles. The van der Waals surface area contributed by atoms with E-state index in [0.717, 1.165) is 6.42 Å². The zero-order chi connectivity index (χ0) is 18.8. The van der Waals surface area contributed by atoms with Gasteiger partial charge in [0.1, 0.15) is 11.5 Å². The Kier molecular flexibility index (Phi) is 3.50. The van der Waals surface area contributed by atoms with E-state index >= 15 is 0 Å². The van der Waals surface area contributed by atoms with Crippen molar-refractivity contribution in [2.75, 3.05) is 4.90 Å². The first-order valence-electron chi connectivity index (χ1n) is 9.08. The number of carbonyl (C=O) groups is 2. The van der Waals surface area contributed by atoms with Gasteiger partial charge in [-0.25, -0.2) is 4.90 Å². The predicted molar refractivity (Wildman–Crippen MR) is 103 cm³/mol. The second kappa shape index (κ2) is 5.70. The first kappa shape index (κ1) is 16.6. The van der Waals surface area contributed by atoms with Crippen LogP contribution >= 0.6 is 11.6 Å². The van der Waals surface area contributed by atoms with Gasteiger partial charge in [-0.1, -0.05) is 23.8 Å². The number of rotatable bonds is 3. The second-order valence-electron chi connectivity index (χ2n) is 7.68. The summed E-state index contributed by atoms with van der Waals surface area (Å²) in [5.74, 6) is 1.27. The first-order valence-corrected chi connectivity index (χ1v) is 9.46. The molecule has 5 heteroatoms. The van der Waals surface area contributed by atoms with E-state index in [0.29, 0.717) is 22.2 Å². The number of allylic oxidation sites excluding steroid dienone is 2. The first-order chi connectivity index (χ1) is 13.0. The van der Waals surface area contributed by atoms with Crippen molar-refractivity contribution < 1.29 is 14.3 Å². The summed E-state index contributed by atoms with van der Waals surface area (Å²) in [7, 11) is 0. The zero-order valence-electron chi connectivity index (χ0n) is 14.8. The maximum absolute atomic E-state index is 13.1. The van der Waals surface area contributed by atoms with Gasteiger partial charge < -0.3 is 4.74 Å². The molecule has 2 aliphatic carbocycles. The summed E-state index contributed by atoms with van der Waals surface area (Å²) in [6.45, 7) is 1.95. The van der Waals surface area contributed by atoms with Crippen molar-refractivity contribution in [2.45, 2.75) is 13.3 Å². The van der Waals surface area contributed by atoms with E-state index in [-0.39, 0.29) is 29.6 Å². The van der Waals surface area contributed by atoms with Crippen molar-refractivity contribution >= 4 is 29.1 Å². The molecule has 1 saturated heterocycles. The minimum atomic E-state index is -0.602. The number of carbonyl (C=O) groups excluding carboxylic acids is 2. The van der Waals surface area contributed by atoms with Crippen LogP contribution in [-0.2, 0) is 9.59 Å². The van der Waals surface area contributed by atoms with E-state index in [2.05, 4.69) is 12.2 Å². The van der Waals surface area contributed by atoms with Gasteiger partial charge in [0.05, 0.1) is 17.0 Å². The summed E-state index contributed by atoms with van der Waals surface area (Å²) in [6, 6.07) is 14.2. The smallest absolute Gasteiger partial charge is 0.241 e. The number of hydrogen-bond donors (Lipinski definition) is 0. The van der Waals surface area contributed by atoms with Crippen molar-refractivity contribution in [2.24, 2.45) is 23.2 Å². The molecular formula is C22H18ClNO3. The number of hydrogen-bond acceptors (Lipinski definition) is 3. The molecule has 4 nitrogen and oxygen atoms in total. The largest absolute Gasteiger partial charge is 0.457 e. The highest BCUT2D eigenvalue weighted by Gasteiger charge is 2.67. The number of halogens is 1. The molecular weight excluding hydrogens is 362 g/mol. The molecule has 27 heavy (non-hydrogen) atoms. The third-order valence-electron chi connectivity index (χ3n) is 6.26. The lowest BCUT2D eigenvalue weighted by atomic mass is 9.71. The molecule has 2 bridgehead atoms. The van der Waals surface area contributed by atoms with Crippen LogP contribution in [-0.4, -0.2) is 11.8 Å². The molecule has 1 aliphatic heterocycles. The van der Waals surface area contributed by atoms with Crippen molar-refractivity contribution in [1.82, 2.24) is 0 Å². The summed E-state index contributed by atoms with van der Waals surface area (Å²) in [5, 5.41) is 0.645. The Labute approximate surface area is 162 Å². The third-order valence-corrected chi connectivity index (χ3v) is 6.51.